The fourth-order valence-electron chi connectivity index (χ4n) is 3.08. The summed E-state index contributed by atoms with van der Waals surface area (Å²) in [5.41, 5.74) is 1.30. The fraction of sp³-hybridized carbons (Fsp3) is 0.238. The molecule has 1 aliphatic heterocycles. The van der Waals surface area contributed by atoms with Crippen LogP contribution in [0.4, 0.5) is 11.4 Å². The molecule has 29 heavy (non-hydrogen) atoms. The molecule has 150 valence electrons. The summed E-state index contributed by atoms with van der Waals surface area (Å²) in [6, 6.07) is 16.0. The van der Waals surface area contributed by atoms with Crippen LogP contribution in [0.3, 0.4) is 0 Å². The zero-order chi connectivity index (χ0) is 20.6. The Morgan fingerprint density at radius 2 is 1.66 bits per heavy atom. The second-order valence-corrected chi connectivity index (χ2v) is 6.46. The Labute approximate surface area is 168 Å². The van der Waals surface area contributed by atoms with E-state index >= 15 is 0 Å². The van der Waals surface area contributed by atoms with Gasteiger partial charge in [-0.05, 0) is 24.3 Å². The average Bonchev–Trinajstić information content (AvgIpc) is 2.77. The van der Waals surface area contributed by atoms with E-state index in [2.05, 4.69) is 4.90 Å². The maximum Gasteiger partial charge on any atom is 0.331 e. The first-order chi connectivity index (χ1) is 14.0. The Kier molecular flexibility index (Phi) is 6.57. The smallest absolute Gasteiger partial charge is 0.331 e. The summed E-state index contributed by atoms with van der Waals surface area (Å²) in [5, 5.41) is 11.0. The summed E-state index contributed by atoms with van der Waals surface area (Å²) in [4.78, 5) is 38.5. The second-order valence-electron chi connectivity index (χ2n) is 6.46. The molecular formula is C21H21N3O5. The molecule has 0 saturated carbocycles. The third-order valence-electron chi connectivity index (χ3n) is 4.62. The van der Waals surface area contributed by atoms with Crippen LogP contribution in [0, 0.1) is 10.1 Å². The minimum Gasteiger partial charge on any atom is -0.452 e. The Balaban J connectivity index is 1.46. The highest BCUT2D eigenvalue weighted by Crippen LogP contribution is 2.19. The summed E-state index contributed by atoms with van der Waals surface area (Å²) in [5.74, 6) is -0.982. The number of nitro groups is 1. The molecule has 1 heterocycles. The lowest BCUT2D eigenvalue weighted by Gasteiger charge is -2.36. The number of amides is 1. The molecule has 0 bridgehead atoms. The number of rotatable bonds is 6. The van der Waals surface area contributed by atoms with Crippen molar-refractivity contribution in [2.24, 2.45) is 0 Å². The lowest BCUT2D eigenvalue weighted by molar-refractivity contribution is -0.385. The number of carbonyl (C=O) groups is 2. The molecule has 3 rings (SSSR count). The second kappa shape index (κ2) is 9.50. The number of ether oxygens (including phenoxy) is 1. The van der Waals surface area contributed by atoms with Crippen molar-refractivity contribution in [1.82, 2.24) is 4.90 Å². The van der Waals surface area contributed by atoms with Crippen LogP contribution in [0.25, 0.3) is 6.08 Å². The standard InChI is InChI=1S/C21H21N3O5/c25-20(23-14-12-22(13-15-23)18-7-2-1-3-8-18)16-29-21(26)11-10-17-6-4-5-9-19(17)24(27)28/h1-11H,12-16H2/b11-10+. The van der Waals surface area contributed by atoms with E-state index < -0.39 is 10.9 Å². The first-order valence-electron chi connectivity index (χ1n) is 9.20. The molecule has 8 heteroatoms. The van der Waals surface area contributed by atoms with Gasteiger partial charge in [0.15, 0.2) is 6.61 Å². The van der Waals surface area contributed by atoms with Gasteiger partial charge in [0.1, 0.15) is 0 Å². The van der Waals surface area contributed by atoms with Gasteiger partial charge in [0.25, 0.3) is 11.6 Å². The first-order valence-corrected chi connectivity index (χ1v) is 9.20. The highest BCUT2D eigenvalue weighted by atomic mass is 16.6. The first kappa shape index (κ1) is 20.1. The molecule has 0 radical (unpaired) electrons. The number of anilines is 1. The molecular weight excluding hydrogens is 374 g/mol. The largest absolute Gasteiger partial charge is 0.452 e. The van der Waals surface area contributed by atoms with Gasteiger partial charge in [0.2, 0.25) is 0 Å². The van der Waals surface area contributed by atoms with Gasteiger partial charge in [-0.25, -0.2) is 4.79 Å². The van der Waals surface area contributed by atoms with Gasteiger partial charge in [-0.1, -0.05) is 30.3 Å². The number of nitro benzene ring substituents is 1. The van der Waals surface area contributed by atoms with Crippen LogP contribution in [0.5, 0.6) is 0 Å². The fourth-order valence-corrected chi connectivity index (χ4v) is 3.08. The number of hydrogen-bond donors (Lipinski definition) is 0. The van der Waals surface area contributed by atoms with E-state index in [4.69, 9.17) is 4.74 Å². The SMILES string of the molecule is O=C(/C=C/c1ccccc1[N+](=O)[O-])OCC(=O)N1CCN(c2ccccc2)CC1. The topological polar surface area (TPSA) is 93.0 Å². The van der Waals surface area contributed by atoms with Crippen molar-refractivity contribution in [3.8, 4) is 0 Å². The van der Waals surface area contributed by atoms with Crippen LogP contribution >= 0.6 is 0 Å². The average molecular weight is 395 g/mol. The van der Waals surface area contributed by atoms with Crippen molar-refractivity contribution in [2.75, 3.05) is 37.7 Å². The van der Waals surface area contributed by atoms with Crippen LogP contribution in [0.15, 0.2) is 60.7 Å². The lowest BCUT2D eigenvalue weighted by atomic mass is 10.1. The van der Waals surface area contributed by atoms with E-state index in [0.717, 1.165) is 11.8 Å². The summed E-state index contributed by atoms with van der Waals surface area (Å²) in [6.07, 6.45) is 2.40. The Morgan fingerprint density at radius 3 is 2.34 bits per heavy atom. The third kappa shape index (κ3) is 5.41. The van der Waals surface area contributed by atoms with E-state index in [1.165, 1.54) is 18.2 Å². The highest BCUT2D eigenvalue weighted by molar-refractivity contribution is 5.90. The highest BCUT2D eigenvalue weighted by Gasteiger charge is 2.22. The molecule has 0 spiro atoms. The molecule has 0 unspecified atom stereocenters. The van der Waals surface area contributed by atoms with Gasteiger partial charge in [-0.3, -0.25) is 14.9 Å². The molecule has 1 amide bonds. The molecule has 2 aromatic carbocycles. The van der Waals surface area contributed by atoms with E-state index in [1.807, 2.05) is 30.3 Å². The number of hydrogen-bond acceptors (Lipinski definition) is 6. The van der Waals surface area contributed by atoms with Gasteiger partial charge >= 0.3 is 5.97 Å². The number of piperazine rings is 1. The predicted molar refractivity (Wildman–Crippen MR) is 108 cm³/mol. The quantitative estimate of drug-likeness (QED) is 0.323. The van der Waals surface area contributed by atoms with Crippen LogP contribution < -0.4 is 4.90 Å². The maximum atomic E-state index is 12.3. The van der Waals surface area contributed by atoms with Crippen LogP contribution in [0.1, 0.15) is 5.56 Å². The van der Waals surface area contributed by atoms with Crippen LogP contribution in [-0.4, -0.2) is 54.5 Å². The lowest BCUT2D eigenvalue weighted by Crippen LogP contribution is -2.49. The van der Waals surface area contributed by atoms with E-state index in [-0.39, 0.29) is 23.8 Å². The van der Waals surface area contributed by atoms with E-state index in [1.54, 1.807) is 17.0 Å². The Morgan fingerprint density at radius 1 is 1.00 bits per heavy atom. The molecule has 1 aliphatic rings. The predicted octanol–water partition coefficient (Wildman–Crippen LogP) is 2.50. The molecule has 0 atom stereocenters. The van der Waals surface area contributed by atoms with Crippen molar-refractivity contribution in [3.05, 3.63) is 76.4 Å². The monoisotopic (exact) mass is 395 g/mol. The van der Waals surface area contributed by atoms with Gasteiger partial charge < -0.3 is 14.5 Å². The minimum absolute atomic E-state index is 0.107. The normalized spacial score (nSPS) is 14.1. The summed E-state index contributed by atoms with van der Waals surface area (Å²) >= 11 is 0. The van der Waals surface area contributed by atoms with Gasteiger partial charge in [0.05, 0.1) is 10.5 Å². The Hall–Kier alpha value is -3.68. The molecule has 0 aromatic heterocycles. The number of esters is 1. The molecule has 1 saturated heterocycles. The summed E-state index contributed by atoms with van der Waals surface area (Å²) in [6.45, 7) is 2.17. The zero-order valence-electron chi connectivity index (χ0n) is 15.8. The molecule has 0 N–H and O–H groups in total. The number of nitrogens with zero attached hydrogens (tertiary/aromatic N) is 3. The Bertz CT molecular complexity index is 906. The van der Waals surface area contributed by atoms with Crippen molar-refractivity contribution in [2.45, 2.75) is 0 Å². The van der Waals surface area contributed by atoms with E-state index in [9.17, 15) is 19.7 Å². The molecule has 2 aromatic rings. The number of carbonyl (C=O) groups excluding carboxylic acids is 2. The van der Waals surface area contributed by atoms with Gasteiger partial charge in [-0.2, -0.15) is 0 Å². The van der Waals surface area contributed by atoms with Crippen molar-refractivity contribution in [1.29, 1.82) is 0 Å². The molecule has 0 aliphatic carbocycles. The number of para-hydroxylation sites is 2. The summed E-state index contributed by atoms with van der Waals surface area (Å²) < 4.78 is 4.99. The summed E-state index contributed by atoms with van der Waals surface area (Å²) in [7, 11) is 0. The third-order valence-corrected chi connectivity index (χ3v) is 4.62. The van der Waals surface area contributed by atoms with Crippen molar-refractivity contribution in [3.63, 3.8) is 0 Å². The van der Waals surface area contributed by atoms with E-state index in [0.29, 0.717) is 26.2 Å². The molecule has 1 fully saturated rings. The maximum absolute atomic E-state index is 12.3. The minimum atomic E-state index is -0.723. The van der Waals surface area contributed by atoms with Crippen LogP contribution in [0.2, 0.25) is 0 Å². The molecule has 8 nitrogen and oxygen atoms in total. The van der Waals surface area contributed by atoms with Crippen molar-refractivity contribution >= 4 is 29.3 Å². The number of benzene rings is 2. The van der Waals surface area contributed by atoms with Gasteiger partial charge in [-0.15, -0.1) is 0 Å². The van der Waals surface area contributed by atoms with Crippen LogP contribution in [-0.2, 0) is 14.3 Å². The van der Waals surface area contributed by atoms with Crippen molar-refractivity contribution < 1.29 is 19.2 Å². The zero-order valence-corrected chi connectivity index (χ0v) is 15.8. The van der Waals surface area contributed by atoms with Gasteiger partial charge in [0, 0.05) is 44.0 Å².